The Morgan fingerprint density at radius 1 is 1.05 bits per heavy atom. The highest BCUT2D eigenvalue weighted by atomic mass is 35.5. The lowest BCUT2D eigenvalue weighted by atomic mass is 9.49. The third kappa shape index (κ3) is 3.68. The van der Waals surface area contributed by atoms with E-state index in [1.54, 1.807) is 18.3 Å². The lowest BCUT2D eigenvalue weighted by Gasteiger charge is -2.56. The first-order chi connectivity index (χ1) is 17.9. The average molecular weight is 517 g/mol. The van der Waals surface area contributed by atoms with Gasteiger partial charge in [0, 0.05) is 29.6 Å². The van der Waals surface area contributed by atoms with E-state index in [1.165, 1.54) is 45.6 Å². The Labute approximate surface area is 220 Å². The fourth-order valence-electron chi connectivity index (χ4n) is 7.89. The van der Waals surface area contributed by atoms with Crippen molar-refractivity contribution in [3.05, 3.63) is 53.2 Å². The maximum atomic E-state index is 13.1. The minimum atomic E-state index is -0.437. The molecule has 37 heavy (non-hydrogen) atoms. The fourth-order valence-corrected chi connectivity index (χ4v) is 7.99. The van der Waals surface area contributed by atoms with Crippen molar-refractivity contribution >= 4 is 23.2 Å². The van der Waals surface area contributed by atoms with Crippen LogP contribution < -0.4 is 0 Å². The largest absolute Gasteiger partial charge is 0.465 e. The van der Waals surface area contributed by atoms with Crippen LogP contribution in [0.15, 0.2) is 36.8 Å². The van der Waals surface area contributed by atoms with Crippen molar-refractivity contribution < 1.29 is 9.53 Å². The fraction of sp³-hybridized carbons (Fsp3) is 0.464. The van der Waals surface area contributed by atoms with Crippen LogP contribution in [0.5, 0.6) is 0 Å². The van der Waals surface area contributed by atoms with Crippen molar-refractivity contribution in [1.29, 1.82) is 0 Å². The number of halogens is 1. The summed E-state index contributed by atoms with van der Waals surface area (Å²) in [6.07, 6.45) is 13.8. The van der Waals surface area contributed by atoms with E-state index in [9.17, 15) is 4.79 Å². The lowest BCUT2D eigenvalue weighted by molar-refractivity contribution is -0.0638. The van der Waals surface area contributed by atoms with Gasteiger partial charge < -0.3 is 4.74 Å². The number of fused-ring (bicyclic) bond motifs is 1. The summed E-state index contributed by atoms with van der Waals surface area (Å²) >= 11 is 5.92. The van der Waals surface area contributed by atoms with Crippen molar-refractivity contribution in [3.8, 4) is 22.5 Å². The highest BCUT2D eigenvalue weighted by molar-refractivity contribution is 6.29. The second kappa shape index (κ2) is 8.38. The van der Waals surface area contributed by atoms with Crippen LogP contribution in [0, 0.1) is 30.1 Å². The summed E-state index contributed by atoms with van der Waals surface area (Å²) in [5.41, 5.74) is 5.39. The first-order valence-electron chi connectivity index (χ1n) is 13.0. The number of carbonyl (C=O) groups excluding carboxylic acids is 1. The van der Waals surface area contributed by atoms with Crippen LogP contribution >= 0.6 is 11.6 Å². The zero-order chi connectivity index (χ0) is 25.3. The molecule has 0 aliphatic heterocycles. The second-order valence-corrected chi connectivity index (χ2v) is 11.8. The Morgan fingerprint density at radius 3 is 2.43 bits per heavy atom. The molecule has 4 aliphatic carbocycles. The predicted molar refractivity (Wildman–Crippen MR) is 139 cm³/mol. The van der Waals surface area contributed by atoms with Crippen LogP contribution in [0.1, 0.15) is 54.6 Å². The lowest BCUT2D eigenvalue weighted by Crippen LogP contribution is -2.48. The molecule has 0 unspecified atom stereocenters. The number of hydrogen-bond acceptors (Lipinski definition) is 6. The van der Waals surface area contributed by atoms with Gasteiger partial charge in [0.05, 0.1) is 25.2 Å². The summed E-state index contributed by atoms with van der Waals surface area (Å²) in [6, 6.07) is 5.40. The van der Waals surface area contributed by atoms with Gasteiger partial charge in [-0.3, -0.25) is 9.08 Å². The minimum Gasteiger partial charge on any atom is -0.465 e. The highest BCUT2D eigenvalue weighted by Gasteiger charge is 2.51. The number of carbonyl (C=O) groups is 1. The summed E-state index contributed by atoms with van der Waals surface area (Å²) in [7, 11) is 1.40. The molecule has 8 rings (SSSR count). The molecule has 0 spiro atoms. The molecule has 4 saturated carbocycles. The molecule has 0 saturated heterocycles. The molecule has 4 aliphatic rings. The molecule has 190 valence electrons. The normalized spacial score (nSPS) is 26.2. The molecule has 8 nitrogen and oxygen atoms in total. The Kier molecular flexibility index (Phi) is 5.19. The number of pyridine rings is 1. The average Bonchev–Trinajstić information content (AvgIpc) is 3.46. The second-order valence-electron chi connectivity index (χ2n) is 11.4. The number of methoxy groups -OCH3 is 1. The standard InChI is InChI=1S/C28H29ClN6O2/c1-16-21(13-31-35(16)15-28-10-17-7-18(11-28)9-19(8-17)12-28)20-5-6-34-23(22-3-4-24(29)33-32-22)14-30-26(34)25(20)27(36)37-2/h3-6,13-14,17-19H,7-12,15H2,1-2H3. The molecule has 9 heteroatoms. The van der Waals surface area contributed by atoms with Gasteiger partial charge in [-0.1, -0.05) is 11.6 Å². The predicted octanol–water partition coefficient (Wildman–Crippen LogP) is 5.62. The van der Waals surface area contributed by atoms with E-state index in [4.69, 9.17) is 21.4 Å². The molecule has 4 aromatic rings. The molecule has 0 atom stereocenters. The molecule has 0 N–H and O–H groups in total. The summed E-state index contributed by atoms with van der Waals surface area (Å²) in [5, 5.41) is 13.3. The van der Waals surface area contributed by atoms with Crippen LogP contribution in [-0.2, 0) is 11.3 Å². The van der Waals surface area contributed by atoms with E-state index >= 15 is 0 Å². The van der Waals surface area contributed by atoms with Crippen LogP contribution in [-0.4, -0.2) is 42.4 Å². The van der Waals surface area contributed by atoms with E-state index in [0.717, 1.165) is 41.1 Å². The van der Waals surface area contributed by atoms with Gasteiger partial charge in [-0.05, 0) is 86.8 Å². The number of esters is 1. The van der Waals surface area contributed by atoms with Crippen LogP contribution in [0.4, 0.5) is 0 Å². The SMILES string of the molecule is COC(=O)c1c(-c2cnn(CC34CC5CC(CC(C5)C3)C4)c2C)ccn2c(-c3ccc(Cl)nn3)cnc12. The zero-order valence-corrected chi connectivity index (χ0v) is 21.8. The Balaban J connectivity index is 1.28. The van der Waals surface area contributed by atoms with Crippen LogP contribution in [0.25, 0.3) is 28.2 Å². The van der Waals surface area contributed by atoms with Gasteiger partial charge in [0.1, 0.15) is 11.3 Å². The van der Waals surface area contributed by atoms with Crippen molar-refractivity contribution in [1.82, 2.24) is 29.4 Å². The van der Waals surface area contributed by atoms with Crippen molar-refractivity contribution in [3.63, 3.8) is 0 Å². The van der Waals surface area contributed by atoms with E-state index in [2.05, 4.69) is 26.8 Å². The molecule has 4 bridgehead atoms. The van der Waals surface area contributed by atoms with Crippen molar-refractivity contribution in [2.75, 3.05) is 7.11 Å². The topological polar surface area (TPSA) is 87.2 Å². The van der Waals surface area contributed by atoms with E-state index < -0.39 is 5.97 Å². The molecule has 4 heterocycles. The van der Waals surface area contributed by atoms with Crippen LogP contribution in [0.2, 0.25) is 5.15 Å². The number of imidazole rings is 1. The molecule has 4 aromatic heterocycles. The zero-order valence-electron chi connectivity index (χ0n) is 21.0. The van der Waals surface area contributed by atoms with Gasteiger partial charge in [-0.2, -0.15) is 5.10 Å². The number of ether oxygens (including phenoxy) is 1. The molecule has 0 aromatic carbocycles. The molecular formula is C28H29ClN6O2. The smallest absolute Gasteiger partial charge is 0.342 e. The summed E-state index contributed by atoms with van der Waals surface area (Å²) < 4.78 is 9.22. The summed E-state index contributed by atoms with van der Waals surface area (Å²) in [4.78, 5) is 17.7. The van der Waals surface area contributed by atoms with Gasteiger partial charge in [-0.25, -0.2) is 9.78 Å². The summed E-state index contributed by atoms with van der Waals surface area (Å²) in [6.45, 7) is 3.06. The van der Waals surface area contributed by atoms with Crippen molar-refractivity contribution in [2.24, 2.45) is 23.2 Å². The highest BCUT2D eigenvalue weighted by Crippen LogP contribution is 2.60. The Bertz CT molecular complexity index is 1490. The molecular weight excluding hydrogens is 488 g/mol. The van der Waals surface area contributed by atoms with Gasteiger partial charge >= 0.3 is 5.97 Å². The van der Waals surface area contributed by atoms with Gasteiger partial charge in [0.25, 0.3) is 0 Å². The van der Waals surface area contributed by atoms with E-state index in [0.29, 0.717) is 33.2 Å². The van der Waals surface area contributed by atoms with Crippen LogP contribution in [0.3, 0.4) is 0 Å². The third-order valence-electron chi connectivity index (χ3n) is 9.01. The number of rotatable bonds is 5. The van der Waals surface area contributed by atoms with Gasteiger partial charge in [-0.15, -0.1) is 10.2 Å². The Hall–Kier alpha value is -3.26. The molecule has 0 amide bonds. The first-order valence-corrected chi connectivity index (χ1v) is 13.4. The third-order valence-corrected chi connectivity index (χ3v) is 9.21. The molecule has 0 radical (unpaired) electrons. The summed E-state index contributed by atoms with van der Waals surface area (Å²) in [5.74, 6) is 2.26. The first kappa shape index (κ1) is 22.9. The number of nitrogens with zero attached hydrogens (tertiary/aromatic N) is 6. The van der Waals surface area contributed by atoms with Crippen molar-refractivity contribution in [2.45, 2.75) is 52.0 Å². The van der Waals surface area contributed by atoms with E-state index in [-0.39, 0.29) is 0 Å². The van der Waals surface area contributed by atoms with Gasteiger partial charge in [0.15, 0.2) is 10.8 Å². The monoisotopic (exact) mass is 516 g/mol. The van der Waals surface area contributed by atoms with Gasteiger partial charge in [0.2, 0.25) is 0 Å². The Morgan fingerprint density at radius 2 is 1.78 bits per heavy atom. The maximum Gasteiger partial charge on any atom is 0.342 e. The van der Waals surface area contributed by atoms with E-state index in [1.807, 2.05) is 22.9 Å². The number of aromatic nitrogens is 6. The quantitative estimate of drug-likeness (QED) is 0.320. The minimum absolute atomic E-state index is 0.316. The molecule has 4 fully saturated rings. The number of hydrogen-bond donors (Lipinski definition) is 0. The maximum absolute atomic E-state index is 13.1.